The summed E-state index contributed by atoms with van der Waals surface area (Å²) < 4.78 is 19.0. The lowest BCUT2D eigenvalue weighted by molar-refractivity contribution is -0.159. The second-order valence-electron chi connectivity index (χ2n) is 14.4. The summed E-state index contributed by atoms with van der Waals surface area (Å²) in [5.41, 5.74) is -0.381. The predicted molar refractivity (Wildman–Crippen MR) is 159 cm³/mol. The molecule has 216 valence electrons. The molecule has 1 aromatic rings. The monoisotopic (exact) mass is 554 g/mol. The van der Waals surface area contributed by atoms with E-state index in [1.807, 2.05) is 30.3 Å². The predicted octanol–water partition coefficient (Wildman–Crippen LogP) is 7.25. The van der Waals surface area contributed by atoms with Gasteiger partial charge < -0.3 is 19.0 Å². The Labute approximate surface area is 237 Å². The van der Waals surface area contributed by atoms with Crippen molar-refractivity contribution in [3.05, 3.63) is 54.1 Å². The van der Waals surface area contributed by atoms with Crippen LogP contribution in [-0.2, 0) is 20.6 Å². The van der Waals surface area contributed by atoms with Crippen LogP contribution in [-0.4, -0.2) is 44.1 Å². The maximum absolute atomic E-state index is 15.0. The molecule has 3 aliphatic carbocycles. The minimum absolute atomic E-state index is 0.0190. The molecule has 39 heavy (non-hydrogen) atoms. The highest BCUT2D eigenvalue weighted by Gasteiger charge is 2.62. The van der Waals surface area contributed by atoms with Gasteiger partial charge in [0.25, 0.3) is 0 Å². The Morgan fingerprint density at radius 2 is 1.74 bits per heavy atom. The second-order valence-corrected chi connectivity index (χ2v) is 19.2. The summed E-state index contributed by atoms with van der Waals surface area (Å²) >= 11 is 0. The van der Waals surface area contributed by atoms with Gasteiger partial charge in [-0.15, -0.1) is 0 Å². The van der Waals surface area contributed by atoms with E-state index in [1.54, 1.807) is 7.11 Å². The van der Waals surface area contributed by atoms with Gasteiger partial charge in [-0.3, -0.25) is 4.79 Å². The zero-order chi connectivity index (χ0) is 29.0. The number of carbonyl (C=O) groups excluding carboxylic acids is 1. The molecule has 1 unspecified atom stereocenters. The average Bonchev–Trinajstić information content (AvgIpc) is 3.09. The minimum atomic E-state index is -2.18. The van der Waals surface area contributed by atoms with Gasteiger partial charge in [0.1, 0.15) is 11.9 Å². The van der Waals surface area contributed by atoms with Crippen molar-refractivity contribution >= 4 is 14.1 Å². The van der Waals surface area contributed by atoms with Gasteiger partial charge in [0.05, 0.1) is 30.8 Å². The maximum Gasteiger partial charge on any atom is 0.192 e. The van der Waals surface area contributed by atoms with Crippen LogP contribution in [0, 0.1) is 22.7 Å². The molecular formula is C33H50O5Si. The Hall–Kier alpha value is -1.73. The number of benzene rings is 1. The number of hydrogen-bond donors (Lipinski definition) is 1. The van der Waals surface area contributed by atoms with Gasteiger partial charge in [-0.2, -0.15) is 0 Å². The van der Waals surface area contributed by atoms with Gasteiger partial charge in [0.2, 0.25) is 0 Å². The van der Waals surface area contributed by atoms with E-state index in [1.165, 1.54) is 0 Å². The first-order valence-corrected chi connectivity index (χ1v) is 17.4. The SMILES string of the molecule is C=C1CC[C@H](O[Si](C)(C)C(C)(C)C)[C@@]2(C)C(=O)[C@H](OCc3ccc(OC)cc3)C3CC[C@@](O)(/C=C\[C@H]12)C3(C)C. The largest absolute Gasteiger partial charge is 0.497 e. The van der Waals surface area contributed by atoms with E-state index in [4.69, 9.17) is 13.9 Å². The van der Waals surface area contributed by atoms with E-state index < -0.39 is 30.9 Å². The smallest absolute Gasteiger partial charge is 0.192 e. The van der Waals surface area contributed by atoms with Crippen molar-refractivity contribution in [2.24, 2.45) is 22.7 Å². The molecule has 0 spiro atoms. The van der Waals surface area contributed by atoms with Crippen LogP contribution in [0.4, 0.5) is 0 Å². The van der Waals surface area contributed by atoms with Crippen molar-refractivity contribution in [2.75, 3.05) is 7.11 Å². The Balaban J connectivity index is 1.79. The topological polar surface area (TPSA) is 65.0 Å². The summed E-state index contributed by atoms with van der Waals surface area (Å²) in [6, 6.07) is 7.79. The van der Waals surface area contributed by atoms with E-state index in [0.717, 1.165) is 36.1 Å². The lowest BCUT2D eigenvalue weighted by atomic mass is 9.59. The van der Waals surface area contributed by atoms with Crippen LogP contribution in [0.25, 0.3) is 0 Å². The molecule has 2 saturated carbocycles. The zero-order valence-electron chi connectivity index (χ0n) is 25.6. The molecule has 1 aromatic carbocycles. The number of hydrogen-bond acceptors (Lipinski definition) is 5. The molecule has 0 radical (unpaired) electrons. The third kappa shape index (κ3) is 5.11. The fourth-order valence-electron chi connectivity index (χ4n) is 6.81. The molecule has 0 aromatic heterocycles. The van der Waals surface area contributed by atoms with Crippen molar-refractivity contribution in [3.8, 4) is 5.75 Å². The molecule has 4 rings (SSSR count). The molecule has 0 saturated heterocycles. The molecule has 5 nitrogen and oxygen atoms in total. The van der Waals surface area contributed by atoms with Crippen LogP contribution in [0.2, 0.25) is 18.1 Å². The second kappa shape index (κ2) is 10.3. The molecule has 0 aliphatic heterocycles. The Morgan fingerprint density at radius 3 is 2.33 bits per heavy atom. The first-order chi connectivity index (χ1) is 18.0. The van der Waals surface area contributed by atoms with Gasteiger partial charge in [-0.05, 0) is 68.4 Å². The Morgan fingerprint density at radius 1 is 1.10 bits per heavy atom. The summed E-state index contributed by atoms with van der Waals surface area (Å²) in [6.45, 7) is 22.2. The van der Waals surface area contributed by atoms with Gasteiger partial charge in [0.15, 0.2) is 14.1 Å². The number of rotatable bonds is 6. The standard InChI is InChI=1S/C33H50O5Si/c1-22-11-16-27(38-39(9,10)30(2,3)4)32(7)25(22)17-19-33(35)20-18-26(31(33,5)6)28(29(32)34)37-21-23-12-14-24(36-8)15-13-23/h12-15,17,19,25-28,35H,1,11,16,18,20-21H2,2-10H3/b19-17-/t25-,26?,27+,28-,32+,33+/m1/s1. The fraction of sp³-hybridized carbons (Fsp3) is 0.667. The zero-order valence-corrected chi connectivity index (χ0v) is 26.6. The van der Waals surface area contributed by atoms with E-state index in [9.17, 15) is 5.11 Å². The normalized spacial score (nSPS) is 35.5. The number of ether oxygens (including phenoxy) is 2. The summed E-state index contributed by atoms with van der Waals surface area (Å²) in [6.07, 6.45) is 6.06. The number of carbonyl (C=O) groups is 1. The first-order valence-electron chi connectivity index (χ1n) is 14.5. The molecule has 1 N–H and O–H groups in total. The molecule has 0 amide bonds. The van der Waals surface area contributed by atoms with Gasteiger partial charge in [-0.1, -0.05) is 71.1 Å². The molecule has 3 aliphatic rings. The molecular weight excluding hydrogens is 504 g/mol. The molecule has 6 heteroatoms. The van der Waals surface area contributed by atoms with Crippen molar-refractivity contribution in [1.29, 1.82) is 0 Å². The van der Waals surface area contributed by atoms with Crippen molar-refractivity contribution in [2.45, 2.75) is 110 Å². The van der Waals surface area contributed by atoms with Crippen LogP contribution in [0.15, 0.2) is 48.6 Å². The quantitative estimate of drug-likeness (QED) is 0.296. The van der Waals surface area contributed by atoms with Gasteiger partial charge in [-0.25, -0.2) is 0 Å². The van der Waals surface area contributed by atoms with E-state index in [0.29, 0.717) is 13.0 Å². The summed E-state index contributed by atoms with van der Waals surface area (Å²) in [7, 11) is -0.530. The first kappa shape index (κ1) is 30.2. The maximum atomic E-state index is 15.0. The molecule has 0 heterocycles. The molecule has 6 atom stereocenters. The van der Waals surface area contributed by atoms with Gasteiger partial charge >= 0.3 is 0 Å². The third-order valence-electron chi connectivity index (χ3n) is 10.9. The highest BCUT2D eigenvalue weighted by Crippen LogP contribution is 2.58. The number of Topliss-reactive ketones (excluding diaryl/α,β-unsaturated/α-hetero) is 1. The van der Waals surface area contributed by atoms with Crippen LogP contribution in [0.1, 0.15) is 72.8 Å². The molecule has 2 bridgehead atoms. The Bertz CT molecular complexity index is 1110. The number of ketones is 1. The fourth-order valence-corrected chi connectivity index (χ4v) is 8.24. The van der Waals surface area contributed by atoms with E-state index in [2.05, 4.69) is 67.3 Å². The lowest BCUT2D eigenvalue weighted by Gasteiger charge is -2.51. The average molecular weight is 555 g/mol. The summed E-state index contributed by atoms with van der Waals surface area (Å²) in [4.78, 5) is 15.0. The Kier molecular flexibility index (Phi) is 7.96. The summed E-state index contributed by atoms with van der Waals surface area (Å²) in [5.74, 6) is 0.517. The van der Waals surface area contributed by atoms with Crippen molar-refractivity contribution in [1.82, 2.24) is 0 Å². The van der Waals surface area contributed by atoms with Crippen LogP contribution in [0.5, 0.6) is 5.75 Å². The number of aliphatic hydroxyl groups is 1. The van der Waals surface area contributed by atoms with Crippen LogP contribution < -0.4 is 4.74 Å². The van der Waals surface area contributed by atoms with Crippen LogP contribution >= 0.6 is 0 Å². The van der Waals surface area contributed by atoms with E-state index in [-0.39, 0.29) is 28.8 Å². The van der Waals surface area contributed by atoms with Crippen molar-refractivity contribution in [3.63, 3.8) is 0 Å². The molecule has 2 fully saturated rings. The number of methoxy groups -OCH3 is 1. The third-order valence-corrected chi connectivity index (χ3v) is 15.4. The lowest BCUT2D eigenvalue weighted by Crippen LogP contribution is -2.59. The summed E-state index contributed by atoms with van der Waals surface area (Å²) in [5, 5.41) is 11.9. The van der Waals surface area contributed by atoms with E-state index >= 15 is 4.79 Å². The highest BCUT2D eigenvalue weighted by molar-refractivity contribution is 6.74. The number of fused-ring (bicyclic) bond motifs is 3. The number of allylic oxidation sites excluding steroid dienone is 2. The van der Waals surface area contributed by atoms with Crippen LogP contribution in [0.3, 0.4) is 0 Å². The van der Waals surface area contributed by atoms with Gasteiger partial charge in [0, 0.05) is 17.3 Å². The highest BCUT2D eigenvalue weighted by atomic mass is 28.4. The van der Waals surface area contributed by atoms with Crippen molar-refractivity contribution < 1.29 is 23.8 Å². The minimum Gasteiger partial charge on any atom is -0.497 e.